The molecule has 1 saturated heterocycles. The van der Waals surface area contributed by atoms with Crippen LogP contribution in [-0.4, -0.2) is 36.1 Å². The zero-order valence-corrected chi connectivity index (χ0v) is 14.8. The molecule has 2 heteroatoms. The summed E-state index contributed by atoms with van der Waals surface area (Å²) in [7, 11) is 0. The standard InChI is InChI=1S/C18H38N2/c1-7-16(6)17-13-20(12-10-11-15(4)5)18(8-2,9-3)14-19-17/h15-17,19H,7-14H2,1-6H3. The van der Waals surface area contributed by atoms with Gasteiger partial charge in [0.15, 0.2) is 0 Å². The van der Waals surface area contributed by atoms with Crippen LogP contribution in [0.5, 0.6) is 0 Å². The zero-order valence-electron chi connectivity index (χ0n) is 14.8. The number of nitrogens with one attached hydrogen (secondary N) is 1. The Morgan fingerprint density at radius 2 is 1.80 bits per heavy atom. The van der Waals surface area contributed by atoms with Crippen molar-refractivity contribution >= 4 is 0 Å². The van der Waals surface area contributed by atoms with E-state index in [-0.39, 0.29) is 0 Å². The Bertz CT molecular complexity index is 258. The third-order valence-electron chi connectivity index (χ3n) is 5.64. The summed E-state index contributed by atoms with van der Waals surface area (Å²) in [6.07, 6.45) is 6.54. The van der Waals surface area contributed by atoms with Gasteiger partial charge in [-0.2, -0.15) is 0 Å². The Kier molecular flexibility index (Phi) is 7.53. The summed E-state index contributed by atoms with van der Waals surface area (Å²) in [6.45, 7) is 17.8. The Balaban J connectivity index is 2.67. The van der Waals surface area contributed by atoms with E-state index in [0.29, 0.717) is 11.6 Å². The molecule has 0 aromatic rings. The van der Waals surface area contributed by atoms with Crippen LogP contribution in [0.3, 0.4) is 0 Å². The first-order chi connectivity index (χ1) is 9.49. The first-order valence-electron chi connectivity index (χ1n) is 8.97. The number of nitrogens with zero attached hydrogens (tertiary/aromatic N) is 1. The van der Waals surface area contributed by atoms with Crippen molar-refractivity contribution in [3.63, 3.8) is 0 Å². The van der Waals surface area contributed by atoms with Gasteiger partial charge in [-0.15, -0.1) is 0 Å². The van der Waals surface area contributed by atoms with E-state index in [9.17, 15) is 0 Å². The highest BCUT2D eigenvalue weighted by atomic mass is 15.3. The van der Waals surface area contributed by atoms with E-state index in [4.69, 9.17) is 0 Å². The second-order valence-corrected chi connectivity index (χ2v) is 7.29. The normalized spacial score (nSPS) is 25.1. The summed E-state index contributed by atoms with van der Waals surface area (Å²) in [6, 6.07) is 0.685. The molecule has 1 aliphatic heterocycles. The van der Waals surface area contributed by atoms with Crippen LogP contribution in [0, 0.1) is 11.8 Å². The minimum atomic E-state index is 0.404. The molecule has 0 bridgehead atoms. The summed E-state index contributed by atoms with van der Waals surface area (Å²) in [5.74, 6) is 1.62. The van der Waals surface area contributed by atoms with Gasteiger partial charge in [-0.1, -0.05) is 48.0 Å². The Morgan fingerprint density at radius 3 is 2.30 bits per heavy atom. The van der Waals surface area contributed by atoms with E-state index >= 15 is 0 Å². The Hall–Kier alpha value is -0.0800. The monoisotopic (exact) mass is 282 g/mol. The average molecular weight is 283 g/mol. The predicted molar refractivity (Wildman–Crippen MR) is 90.2 cm³/mol. The van der Waals surface area contributed by atoms with Crippen LogP contribution in [0.25, 0.3) is 0 Å². The van der Waals surface area contributed by atoms with Gasteiger partial charge in [-0.05, 0) is 44.1 Å². The highest BCUT2D eigenvalue weighted by Crippen LogP contribution is 2.29. The number of piperazine rings is 1. The third-order valence-corrected chi connectivity index (χ3v) is 5.64. The lowest BCUT2D eigenvalue weighted by molar-refractivity contribution is 0.0185. The minimum Gasteiger partial charge on any atom is -0.311 e. The highest BCUT2D eigenvalue weighted by molar-refractivity contribution is 4.98. The molecule has 1 N–H and O–H groups in total. The van der Waals surface area contributed by atoms with Gasteiger partial charge in [-0.3, -0.25) is 4.90 Å². The van der Waals surface area contributed by atoms with Gasteiger partial charge in [-0.25, -0.2) is 0 Å². The van der Waals surface area contributed by atoms with Crippen molar-refractivity contribution in [2.75, 3.05) is 19.6 Å². The van der Waals surface area contributed by atoms with Crippen molar-refractivity contribution in [3.8, 4) is 0 Å². The van der Waals surface area contributed by atoms with E-state index in [0.717, 1.165) is 11.8 Å². The van der Waals surface area contributed by atoms with Gasteiger partial charge in [0.1, 0.15) is 0 Å². The molecule has 20 heavy (non-hydrogen) atoms. The topological polar surface area (TPSA) is 15.3 Å². The molecule has 2 atom stereocenters. The molecule has 0 saturated carbocycles. The van der Waals surface area contributed by atoms with Crippen molar-refractivity contribution in [1.82, 2.24) is 10.2 Å². The predicted octanol–water partition coefficient (Wildman–Crippen LogP) is 4.30. The fraction of sp³-hybridized carbons (Fsp3) is 1.00. The molecule has 0 aliphatic carbocycles. The minimum absolute atomic E-state index is 0.404. The third kappa shape index (κ3) is 4.46. The van der Waals surface area contributed by atoms with E-state index in [1.165, 1.54) is 51.7 Å². The fourth-order valence-corrected chi connectivity index (χ4v) is 3.56. The molecule has 0 aromatic carbocycles. The number of hydrogen-bond acceptors (Lipinski definition) is 2. The maximum Gasteiger partial charge on any atom is 0.0329 e. The van der Waals surface area contributed by atoms with Gasteiger partial charge in [0, 0.05) is 24.7 Å². The van der Waals surface area contributed by atoms with Crippen molar-refractivity contribution in [1.29, 1.82) is 0 Å². The molecule has 120 valence electrons. The zero-order chi connectivity index (χ0) is 15.2. The Labute approximate surface area is 127 Å². The smallest absolute Gasteiger partial charge is 0.0329 e. The van der Waals surface area contributed by atoms with Gasteiger partial charge in [0.05, 0.1) is 0 Å². The van der Waals surface area contributed by atoms with Crippen LogP contribution in [0.2, 0.25) is 0 Å². The van der Waals surface area contributed by atoms with Crippen LogP contribution >= 0.6 is 0 Å². The van der Waals surface area contributed by atoms with Crippen LogP contribution in [0.4, 0.5) is 0 Å². The molecule has 0 radical (unpaired) electrons. The lowest BCUT2D eigenvalue weighted by Gasteiger charge is -2.51. The second-order valence-electron chi connectivity index (χ2n) is 7.29. The van der Waals surface area contributed by atoms with Gasteiger partial charge in [0.2, 0.25) is 0 Å². The van der Waals surface area contributed by atoms with Gasteiger partial charge < -0.3 is 5.32 Å². The second kappa shape index (κ2) is 8.38. The molecule has 0 spiro atoms. The highest BCUT2D eigenvalue weighted by Gasteiger charge is 2.39. The summed E-state index contributed by atoms with van der Waals surface area (Å²) in [5, 5.41) is 3.85. The fourth-order valence-electron chi connectivity index (χ4n) is 3.56. The summed E-state index contributed by atoms with van der Waals surface area (Å²) >= 11 is 0. The maximum absolute atomic E-state index is 3.85. The molecule has 1 heterocycles. The quantitative estimate of drug-likeness (QED) is 0.714. The maximum atomic E-state index is 3.85. The van der Waals surface area contributed by atoms with E-state index < -0.39 is 0 Å². The molecule has 0 amide bonds. The lowest BCUT2D eigenvalue weighted by atomic mass is 9.84. The van der Waals surface area contributed by atoms with Crippen molar-refractivity contribution < 1.29 is 0 Å². The van der Waals surface area contributed by atoms with Crippen LogP contribution in [0.1, 0.15) is 73.6 Å². The summed E-state index contributed by atoms with van der Waals surface area (Å²) < 4.78 is 0. The van der Waals surface area contributed by atoms with Crippen molar-refractivity contribution in [2.45, 2.75) is 85.2 Å². The molecule has 1 aliphatic rings. The molecular formula is C18H38N2. The van der Waals surface area contributed by atoms with Crippen LogP contribution < -0.4 is 5.32 Å². The van der Waals surface area contributed by atoms with Crippen molar-refractivity contribution in [3.05, 3.63) is 0 Å². The SMILES string of the molecule is CCC(C)C1CN(CCCC(C)C)C(CC)(CC)CN1. The molecule has 2 nitrogen and oxygen atoms in total. The molecule has 1 rings (SSSR count). The van der Waals surface area contributed by atoms with Crippen LogP contribution in [-0.2, 0) is 0 Å². The van der Waals surface area contributed by atoms with Crippen molar-refractivity contribution in [2.24, 2.45) is 11.8 Å². The summed E-state index contributed by atoms with van der Waals surface area (Å²) in [4.78, 5) is 2.82. The molecule has 2 unspecified atom stereocenters. The lowest BCUT2D eigenvalue weighted by Crippen LogP contribution is -2.65. The summed E-state index contributed by atoms with van der Waals surface area (Å²) in [5.41, 5.74) is 0.404. The molecular weight excluding hydrogens is 244 g/mol. The van der Waals surface area contributed by atoms with E-state index in [1.807, 2.05) is 0 Å². The molecule has 1 fully saturated rings. The van der Waals surface area contributed by atoms with Gasteiger partial charge >= 0.3 is 0 Å². The largest absolute Gasteiger partial charge is 0.311 e. The molecule has 0 aromatic heterocycles. The average Bonchev–Trinajstić information content (AvgIpc) is 2.46. The first kappa shape index (κ1) is 18.0. The van der Waals surface area contributed by atoms with E-state index in [2.05, 4.69) is 51.8 Å². The number of hydrogen-bond donors (Lipinski definition) is 1. The van der Waals surface area contributed by atoms with Gasteiger partial charge in [0.25, 0.3) is 0 Å². The Morgan fingerprint density at radius 1 is 1.15 bits per heavy atom. The van der Waals surface area contributed by atoms with Crippen LogP contribution in [0.15, 0.2) is 0 Å². The first-order valence-corrected chi connectivity index (χ1v) is 8.97. The van der Waals surface area contributed by atoms with E-state index in [1.54, 1.807) is 0 Å². The number of rotatable bonds is 8.